The predicted octanol–water partition coefficient (Wildman–Crippen LogP) is 3.51. The van der Waals surface area contributed by atoms with Crippen molar-refractivity contribution in [1.82, 2.24) is 15.6 Å². The largest absolute Gasteiger partial charge is 0.573 e. The maximum Gasteiger partial charge on any atom is 0.573 e. The van der Waals surface area contributed by atoms with E-state index >= 15 is 0 Å². The molecule has 0 atom stereocenters. The summed E-state index contributed by atoms with van der Waals surface area (Å²) in [7, 11) is 1.66. The predicted molar refractivity (Wildman–Crippen MR) is 105 cm³/mol. The quantitative estimate of drug-likeness (QED) is 0.378. The topological polar surface area (TPSA) is 58.5 Å². The molecule has 0 aliphatic heterocycles. The second kappa shape index (κ2) is 10.8. The molecule has 0 amide bonds. The lowest BCUT2D eigenvalue weighted by Crippen LogP contribution is -2.38. The summed E-state index contributed by atoms with van der Waals surface area (Å²) in [6.45, 7) is 1.13. The molecule has 9 heteroatoms. The lowest BCUT2D eigenvalue weighted by atomic mass is 10.1. The average molecular weight is 480 g/mol. The van der Waals surface area contributed by atoms with E-state index in [1.165, 1.54) is 12.1 Å². The van der Waals surface area contributed by atoms with Gasteiger partial charge in [0.1, 0.15) is 5.75 Å². The number of hydrogen-bond donors (Lipinski definition) is 2. The second-order valence-electron chi connectivity index (χ2n) is 5.12. The minimum atomic E-state index is -4.67. The summed E-state index contributed by atoms with van der Waals surface area (Å²) in [6.07, 6.45) is -2.31. The fraction of sp³-hybridized carbons (Fsp3) is 0.294. The van der Waals surface area contributed by atoms with Gasteiger partial charge >= 0.3 is 6.36 Å². The zero-order chi connectivity index (χ0) is 18.1. The van der Waals surface area contributed by atoms with Gasteiger partial charge in [-0.25, -0.2) is 0 Å². The van der Waals surface area contributed by atoms with E-state index in [0.717, 1.165) is 11.3 Å². The Balaban J connectivity index is 0.00000338. The highest BCUT2D eigenvalue weighted by molar-refractivity contribution is 14.0. The highest BCUT2D eigenvalue weighted by Crippen LogP contribution is 2.22. The molecule has 0 aliphatic carbocycles. The molecule has 0 unspecified atom stereocenters. The number of nitrogens with one attached hydrogen (secondary N) is 2. The van der Waals surface area contributed by atoms with E-state index < -0.39 is 6.36 Å². The molecule has 0 radical (unpaired) electrons. The standard InChI is InChI=1S/C17H19F3N4O.HI/c1-21-16(24-12-14-4-2-3-10-22-14)23-11-9-13-5-7-15(8-6-13)25-17(18,19)20;/h2-8,10H,9,11-12H2,1H3,(H2,21,23,24);1H. The smallest absolute Gasteiger partial charge is 0.406 e. The molecule has 0 spiro atoms. The molecule has 1 aromatic carbocycles. The van der Waals surface area contributed by atoms with Gasteiger partial charge in [-0.1, -0.05) is 18.2 Å². The lowest BCUT2D eigenvalue weighted by molar-refractivity contribution is -0.274. The third-order valence-electron chi connectivity index (χ3n) is 3.25. The zero-order valence-electron chi connectivity index (χ0n) is 14.1. The fourth-order valence-electron chi connectivity index (χ4n) is 2.08. The van der Waals surface area contributed by atoms with Crippen LogP contribution in [0.15, 0.2) is 53.7 Å². The molecular weight excluding hydrogens is 460 g/mol. The Labute approximate surface area is 167 Å². The first-order valence-corrected chi connectivity index (χ1v) is 7.65. The number of benzene rings is 1. The fourth-order valence-corrected chi connectivity index (χ4v) is 2.08. The molecule has 0 fully saturated rings. The van der Waals surface area contributed by atoms with Gasteiger partial charge in [0.25, 0.3) is 0 Å². The van der Waals surface area contributed by atoms with Crippen LogP contribution in [0.2, 0.25) is 0 Å². The normalized spacial score (nSPS) is 11.5. The minimum Gasteiger partial charge on any atom is -0.406 e. The molecule has 1 aromatic heterocycles. The summed E-state index contributed by atoms with van der Waals surface area (Å²) in [5.74, 6) is 0.403. The van der Waals surface area contributed by atoms with Gasteiger partial charge in [-0.15, -0.1) is 37.1 Å². The lowest BCUT2D eigenvalue weighted by Gasteiger charge is -2.12. The van der Waals surface area contributed by atoms with E-state index in [9.17, 15) is 13.2 Å². The van der Waals surface area contributed by atoms with Gasteiger partial charge in [-0.3, -0.25) is 9.98 Å². The summed E-state index contributed by atoms with van der Waals surface area (Å²) in [6, 6.07) is 11.5. The number of guanidine groups is 1. The van der Waals surface area contributed by atoms with Crippen molar-refractivity contribution < 1.29 is 17.9 Å². The third-order valence-corrected chi connectivity index (χ3v) is 3.25. The number of aromatic nitrogens is 1. The van der Waals surface area contributed by atoms with E-state index in [1.54, 1.807) is 25.4 Å². The summed E-state index contributed by atoms with van der Waals surface area (Å²) in [5, 5.41) is 6.28. The van der Waals surface area contributed by atoms with Gasteiger partial charge in [0.2, 0.25) is 0 Å². The van der Waals surface area contributed by atoms with Crippen LogP contribution < -0.4 is 15.4 Å². The monoisotopic (exact) mass is 480 g/mol. The Morgan fingerprint density at radius 3 is 2.42 bits per heavy atom. The average Bonchev–Trinajstić information content (AvgIpc) is 2.59. The first kappa shape index (κ1) is 22.0. The molecule has 1 heterocycles. The van der Waals surface area contributed by atoms with Crippen molar-refractivity contribution in [2.45, 2.75) is 19.3 Å². The molecule has 0 bridgehead atoms. The summed E-state index contributed by atoms with van der Waals surface area (Å²) in [5.41, 5.74) is 1.79. The van der Waals surface area contributed by atoms with Gasteiger partial charge in [0.15, 0.2) is 5.96 Å². The number of pyridine rings is 1. The van der Waals surface area contributed by atoms with Crippen LogP contribution in [0.4, 0.5) is 13.2 Å². The number of aliphatic imine (C=N–C) groups is 1. The van der Waals surface area contributed by atoms with Gasteiger partial charge in [-0.2, -0.15) is 0 Å². The molecule has 2 N–H and O–H groups in total. The van der Waals surface area contributed by atoms with Crippen molar-refractivity contribution in [2.24, 2.45) is 4.99 Å². The summed E-state index contributed by atoms with van der Waals surface area (Å²) < 4.78 is 40.2. The van der Waals surface area contributed by atoms with E-state index in [4.69, 9.17) is 0 Å². The Kier molecular flexibility index (Phi) is 9.17. The Hall–Kier alpha value is -2.04. The number of halogens is 4. The maximum atomic E-state index is 12.1. The third kappa shape index (κ3) is 8.37. The molecule has 0 aliphatic rings. The molecule has 0 saturated heterocycles. The number of nitrogens with zero attached hydrogens (tertiary/aromatic N) is 2. The highest BCUT2D eigenvalue weighted by atomic mass is 127. The van der Waals surface area contributed by atoms with E-state index in [1.807, 2.05) is 18.2 Å². The SMILES string of the molecule is CN=C(NCCc1ccc(OC(F)(F)F)cc1)NCc1ccccn1.I. The number of rotatable bonds is 6. The van der Waals surface area contributed by atoms with Gasteiger partial charge in [0, 0.05) is 19.8 Å². The van der Waals surface area contributed by atoms with Crippen LogP contribution in [-0.2, 0) is 13.0 Å². The summed E-state index contributed by atoms with van der Waals surface area (Å²) >= 11 is 0. The Morgan fingerprint density at radius 1 is 1.12 bits per heavy atom. The van der Waals surface area contributed by atoms with E-state index in [0.29, 0.717) is 25.5 Å². The van der Waals surface area contributed by atoms with Crippen LogP contribution in [0.5, 0.6) is 5.75 Å². The first-order valence-electron chi connectivity index (χ1n) is 7.65. The van der Waals surface area contributed by atoms with Crippen molar-refractivity contribution in [2.75, 3.05) is 13.6 Å². The molecule has 2 rings (SSSR count). The van der Waals surface area contributed by atoms with Crippen LogP contribution in [0, 0.1) is 0 Å². The second-order valence-corrected chi connectivity index (χ2v) is 5.12. The van der Waals surface area contributed by atoms with Crippen molar-refractivity contribution in [3.63, 3.8) is 0 Å². The first-order chi connectivity index (χ1) is 12.0. The molecular formula is C17H20F3IN4O. The van der Waals surface area contributed by atoms with Crippen molar-refractivity contribution in [3.8, 4) is 5.75 Å². The van der Waals surface area contributed by atoms with Crippen LogP contribution in [0.1, 0.15) is 11.3 Å². The minimum absolute atomic E-state index is 0. The van der Waals surface area contributed by atoms with Crippen molar-refractivity contribution in [1.29, 1.82) is 0 Å². The van der Waals surface area contributed by atoms with Crippen LogP contribution in [-0.4, -0.2) is 30.9 Å². The van der Waals surface area contributed by atoms with E-state index in [2.05, 4.69) is 25.3 Å². The Bertz CT molecular complexity index is 679. The number of ether oxygens (including phenoxy) is 1. The zero-order valence-corrected chi connectivity index (χ0v) is 16.4. The van der Waals surface area contributed by atoms with Crippen LogP contribution in [0.25, 0.3) is 0 Å². The molecule has 142 valence electrons. The van der Waals surface area contributed by atoms with Gasteiger partial charge in [0.05, 0.1) is 12.2 Å². The van der Waals surface area contributed by atoms with Crippen molar-refractivity contribution >= 4 is 29.9 Å². The molecule has 26 heavy (non-hydrogen) atoms. The van der Waals surface area contributed by atoms with Crippen molar-refractivity contribution in [3.05, 3.63) is 59.9 Å². The number of hydrogen-bond acceptors (Lipinski definition) is 3. The Morgan fingerprint density at radius 2 is 1.85 bits per heavy atom. The van der Waals surface area contributed by atoms with Gasteiger partial charge in [-0.05, 0) is 36.2 Å². The van der Waals surface area contributed by atoms with Crippen LogP contribution in [0.3, 0.4) is 0 Å². The molecule has 2 aromatic rings. The van der Waals surface area contributed by atoms with E-state index in [-0.39, 0.29) is 29.7 Å². The molecule has 0 saturated carbocycles. The van der Waals surface area contributed by atoms with Crippen LogP contribution >= 0.6 is 24.0 Å². The summed E-state index contributed by atoms with van der Waals surface area (Å²) in [4.78, 5) is 8.32. The molecule has 5 nitrogen and oxygen atoms in total. The highest BCUT2D eigenvalue weighted by Gasteiger charge is 2.30. The maximum absolute atomic E-state index is 12.1. The van der Waals surface area contributed by atoms with Gasteiger partial charge < -0.3 is 15.4 Å². The number of alkyl halides is 3.